The molecule has 0 aromatic heterocycles. The molecule has 0 atom stereocenters. The molecule has 0 bridgehead atoms. The number of halogens is 2. The van der Waals surface area contributed by atoms with Crippen molar-refractivity contribution in [2.75, 3.05) is 32.8 Å². The molecule has 182 valence electrons. The van der Waals surface area contributed by atoms with Crippen LogP contribution in [0.2, 0.25) is 0 Å². The van der Waals surface area contributed by atoms with Crippen LogP contribution < -0.4 is 12.4 Å². The van der Waals surface area contributed by atoms with Crippen molar-refractivity contribution in [3.63, 3.8) is 0 Å². The number of piperidine rings is 1. The lowest BCUT2D eigenvalue weighted by Gasteiger charge is -2.40. The number of carbonyl (C=O) groups excluding carboxylic acids is 1. The van der Waals surface area contributed by atoms with Crippen molar-refractivity contribution in [3.05, 3.63) is 47.0 Å². The highest BCUT2D eigenvalue weighted by atomic mass is 35.5. The molecule has 0 radical (unpaired) electrons. The van der Waals surface area contributed by atoms with Gasteiger partial charge in [-0.1, -0.05) is 93.8 Å². The molecule has 1 aromatic rings. The number of allylic oxidation sites excluding steroid dienone is 1. The highest BCUT2D eigenvalue weighted by molar-refractivity contribution is 6.29. The van der Waals surface area contributed by atoms with Crippen molar-refractivity contribution < 1.29 is 26.4 Å². The number of hydrogen-bond acceptors (Lipinski definition) is 2. The molecule has 5 heteroatoms. The van der Waals surface area contributed by atoms with Crippen LogP contribution in [-0.2, 0) is 16.0 Å². The van der Waals surface area contributed by atoms with Gasteiger partial charge in [-0.25, -0.2) is 4.79 Å². The van der Waals surface area contributed by atoms with Gasteiger partial charge in [-0.15, -0.1) is 0 Å². The van der Waals surface area contributed by atoms with Gasteiger partial charge in [-0.05, 0) is 37.3 Å². The quantitative estimate of drug-likeness (QED) is 0.213. The number of hydrogen-bond donors (Lipinski definition) is 0. The van der Waals surface area contributed by atoms with Crippen molar-refractivity contribution in [1.29, 1.82) is 0 Å². The van der Waals surface area contributed by atoms with Gasteiger partial charge >= 0.3 is 5.97 Å². The largest absolute Gasteiger partial charge is 1.00 e. The molecule has 1 aliphatic rings. The van der Waals surface area contributed by atoms with Crippen LogP contribution in [0.25, 0.3) is 0 Å². The summed E-state index contributed by atoms with van der Waals surface area (Å²) in [5.41, 5.74) is 1.22. The van der Waals surface area contributed by atoms with E-state index in [1.54, 1.807) is 0 Å². The van der Waals surface area contributed by atoms with Crippen molar-refractivity contribution in [1.82, 2.24) is 0 Å². The summed E-state index contributed by atoms with van der Waals surface area (Å²) in [6.07, 6.45) is 16.6. The summed E-state index contributed by atoms with van der Waals surface area (Å²) in [5, 5.41) is 0.863. The second-order valence-electron chi connectivity index (χ2n) is 9.20. The molecule has 1 heterocycles. The van der Waals surface area contributed by atoms with E-state index >= 15 is 0 Å². The normalized spacial score (nSPS) is 15.8. The SMILES string of the molecule is CCCCCCCCCCOC(=O)C[N+]1(C/C=C(\Cl)Cc2ccccc2)CCCCC1.[Cl-]. The van der Waals surface area contributed by atoms with Crippen LogP contribution in [0.4, 0.5) is 0 Å². The number of nitrogens with zero attached hydrogens (tertiary/aromatic N) is 1. The molecule has 0 saturated carbocycles. The van der Waals surface area contributed by atoms with E-state index in [0.717, 1.165) is 48.4 Å². The van der Waals surface area contributed by atoms with E-state index in [4.69, 9.17) is 16.3 Å². The fraction of sp³-hybridized carbons (Fsp3) is 0.667. The Morgan fingerprint density at radius 3 is 2.25 bits per heavy atom. The molecule has 0 spiro atoms. The lowest BCUT2D eigenvalue weighted by atomic mass is 10.1. The zero-order chi connectivity index (χ0) is 22.2. The minimum atomic E-state index is -0.0440. The van der Waals surface area contributed by atoms with E-state index in [1.165, 1.54) is 63.4 Å². The minimum Gasteiger partial charge on any atom is -1.00 e. The molecule has 1 fully saturated rings. The Bertz CT molecular complexity index is 642. The first kappa shape index (κ1) is 29.0. The maximum atomic E-state index is 12.6. The first-order chi connectivity index (χ1) is 15.1. The summed E-state index contributed by atoms with van der Waals surface area (Å²) < 4.78 is 6.40. The van der Waals surface area contributed by atoms with Crippen LogP contribution in [0.15, 0.2) is 41.4 Å². The van der Waals surface area contributed by atoms with Crippen LogP contribution >= 0.6 is 11.6 Å². The zero-order valence-electron chi connectivity index (χ0n) is 20.0. The maximum absolute atomic E-state index is 12.6. The molecule has 1 aromatic carbocycles. The summed E-state index contributed by atoms with van der Waals surface area (Å²) >= 11 is 6.54. The Labute approximate surface area is 207 Å². The third kappa shape index (κ3) is 12.3. The van der Waals surface area contributed by atoms with Gasteiger partial charge in [0, 0.05) is 11.5 Å². The van der Waals surface area contributed by atoms with E-state index in [9.17, 15) is 4.79 Å². The van der Waals surface area contributed by atoms with E-state index in [1.807, 2.05) is 18.2 Å². The van der Waals surface area contributed by atoms with Crippen LogP contribution in [0, 0.1) is 0 Å². The summed E-state index contributed by atoms with van der Waals surface area (Å²) in [6, 6.07) is 10.3. The monoisotopic (exact) mass is 483 g/mol. The molecule has 0 unspecified atom stereocenters. The Balaban J connectivity index is 0.00000512. The van der Waals surface area contributed by atoms with Crippen molar-refractivity contribution >= 4 is 17.6 Å². The second-order valence-corrected chi connectivity index (χ2v) is 9.68. The van der Waals surface area contributed by atoms with Crippen molar-refractivity contribution in [2.45, 2.75) is 84.0 Å². The topological polar surface area (TPSA) is 26.3 Å². The molecular weight excluding hydrogens is 441 g/mol. The summed E-state index contributed by atoms with van der Waals surface area (Å²) in [5.74, 6) is -0.0440. The van der Waals surface area contributed by atoms with Crippen LogP contribution in [0.5, 0.6) is 0 Å². The average Bonchev–Trinajstić information content (AvgIpc) is 2.78. The van der Waals surface area contributed by atoms with Crippen LogP contribution in [0.1, 0.15) is 83.1 Å². The predicted octanol–water partition coefficient (Wildman–Crippen LogP) is 4.04. The number of carbonyl (C=O) groups is 1. The number of ether oxygens (including phenoxy) is 1. The summed E-state index contributed by atoms with van der Waals surface area (Å²) in [7, 11) is 0. The van der Waals surface area contributed by atoms with Gasteiger partial charge in [0.05, 0.1) is 26.2 Å². The smallest absolute Gasteiger partial charge is 0.361 e. The minimum absolute atomic E-state index is 0. The van der Waals surface area contributed by atoms with E-state index < -0.39 is 0 Å². The second kappa shape index (κ2) is 17.4. The van der Waals surface area contributed by atoms with Crippen molar-refractivity contribution in [2.24, 2.45) is 0 Å². The van der Waals surface area contributed by atoms with Gasteiger partial charge in [0.1, 0.15) is 0 Å². The average molecular weight is 485 g/mol. The molecule has 3 nitrogen and oxygen atoms in total. The molecule has 0 N–H and O–H groups in total. The molecule has 32 heavy (non-hydrogen) atoms. The number of rotatable bonds is 15. The first-order valence-electron chi connectivity index (χ1n) is 12.5. The van der Waals surface area contributed by atoms with Crippen molar-refractivity contribution in [3.8, 4) is 0 Å². The van der Waals surface area contributed by atoms with E-state index in [0.29, 0.717) is 13.2 Å². The van der Waals surface area contributed by atoms with Gasteiger partial charge < -0.3 is 21.6 Å². The number of unbranched alkanes of at least 4 members (excludes halogenated alkanes) is 7. The Hall–Kier alpha value is -1.03. The molecule has 2 rings (SSSR count). The van der Waals surface area contributed by atoms with Crippen LogP contribution in [0.3, 0.4) is 0 Å². The third-order valence-electron chi connectivity index (χ3n) is 6.41. The Morgan fingerprint density at radius 1 is 0.969 bits per heavy atom. The number of benzene rings is 1. The number of esters is 1. The highest BCUT2D eigenvalue weighted by Gasteiger charge is 2.32. The standard InChI is InChI=1S/C27H43ClNO2.ClH/c1-2-3-4-5-6-7-8-15-22-31-27(30)24-29(19-13-10-14-20-29)21-18-26(28)23-25-16-11-9-12-17-25;/h9,11-12,16-18H,2-8,10,13-15,19-24H2,1H3;1H/q+1;/p-1/b26-18-;. The Morgan fingerprint density at radius 2 is 1.59 bits per heavy atom. The van der Waals surface area contributed by atoms with Gasteiger partial charge in [-0.3, -0.25) is 0 Å². The maximum Gasteiger partial charge on any atom is 0.361 e. The van der Waals surface area contributed by atoms with Gasteiger partial charge in [0.15, 0.2) is 6.54 Å². The van der Waals surface area contributed by atoms with Gasteiger partial charge in [0.25, 0.3) is 0 Å². The number of quaternary nitrogens is 1. The van der Waals surface area contributed by atoms with Gasteiger partial charge in [-0.2, -0.15) is 0 Å². The van der Waals surface area contributed by atoms with E-state index in [-0.39, 0.29) is 18.4 Å². The molecule has 1 aliphatic heterocycles. The van der Waals surface area contributed by atoms with Crippen LogP contribution in [-0.4, -0.2) is 43.2 Å². The lowest BCUT2D eigenvalue weighted by Crippen LogP contribution is -3.00. The number of likely N-dealkylation sites (tertiary alicyclic amines) is 1. The summed E-state index contributed by atoms with van der Waals surface area (Å²) in [4.78, 5) is 12.6. The third-order valence-corrected chi connectivity index (χ3v) is 6.69. The van der Waals surface area contributed by atoms with Gasteiger partial charge in [0.2, 0.25) is 0 Å². The van der Waals surface area contributed by atoms with E-state index in [2.05, 4.69) is 25.1 Å². The lowest BCUT2D eigenvalue weighted by molar-refractivity contribution is -0.920. The fourth-order valence-corrected chi connectivity index (χ4v) is 4.71. The summed E-state index contributed by atoms with van der Waals surface area (Å²) in [6.45, 7) is 6.19. The Kier molecular flexibility index (Phi) is 15.8. The highest BCUT2D eigenvalue weighted by Crippen LogP contribution is 2.21. The molecule has 0 amide bonds. The fourth-order valence-electron chi connectivity index (χ4n) is 4.49. The molecule has 0 aliphatic carbocycles. The zero-order valence-corrected chi connectivity index (χ0v) is 21.5. The molecule has 1 saturated heterocycles. The predicted molar refractivity (Wildman–Crippen MR) is 131 cm³/mol. The first-order valence-corrected chi connectivity index (χ1v) is 12.9. The molecular formula is C27H43Cl2NO2.